The number of ether oxygens (including phenoxy) is 1. The van der Waals surface area contributed by atoms with Gasteiger partial charge in [0.2, 0.25) is 5.60 Å². The van der Waals surface area contributed by atoms with Gasteiger partial charge in [-0.1, -0.05) is 5.16 Å². The minimum atomic E-state index is -1.35. The Kier molecular flexibility index (Phi) is 3.13. The number of hydrogen-bond donors (Lipinski definition) is 1. The molecule has 0 spiro atoms. The highest BCUT2D eigenvalue weighted by molar-refractivity contribution is 6.04. The van der Waals surface area contributed by atoms with E-state index in [-0.39, 0.29) is 6.42 Å². The Morgan fingerprint density at radius 3 is 2.89 bits per heavy atom. The Morgan fingerprint density at radius 2 is 2.37 bits per heavy atom. The van der Waals surface area contributed by atoms with Crippen molar-refractivity contribution in [1.29, 1.82) is 5.26 Å². The number of nitrogens with zero attached hydrogens (tertiary/aromatic N) is 2. The van der Waals surface area contributed by atoms with E-state index in [2.05, 4.69) is 5.16 Å². The van der Waals surface area contributed by atoms with Crippen LogP contribution in [0.1, 0.15) is 24.5 Å². The quantitative estimate of drug-likeness (QED) is 0.889. The number of rotatable bonds is 3. The molecule has 0 amide bonds. The highest BCUT2D eigenvalue weighted by Gasteiger charge is 2.42. The summed E-state index contributed by atoms with van der Waals surface area (Å²) in [6.07, 6.45) is 0.152. The molecule has 0 aromatic heterocycles. The van der Waals surface area contributed by atoms with Gasteiger partial charge in [-0.2, -0.15) is 5.26 Å². The maximum absolute atomic E-state index is 11.1. The smallest absolute Gasteiger partial charge is 0.351 e. The molecule has 1 aromatic carbocycles. The van der Waals surface area contributed by atoms with Crippen LogP contribution < -0.4 is 4.74 Å². The lowest BCUT2D eigenvalue weighted by molar-refractivity contribution is -0.160. The van der Waals surface area contributed by atoms with Gasteiger partial charge in [-0.05, 0) is 25.1 Å². The molecule has 0 saturated heterocycles. The van der Waals surface area contributed by atoms with Crippen LogP contribution in [0, 0.1) is 11.3 Å². The minimum Gasteiger partial charge on any atom is -0.495 e. The Labute approximate surface area is 109 Å². The van der Waals surface area contributed by atoms with Gasteiger partial charge in [-0.3, -0.25) is 0 Å². The van der Waals surface area contributed by atoms with Crippen molar-refractivity contribution >= 4 is 11.7 Å². The molecule has 0 fully saturated rings. The van der Waals surface area contributed by atoms with E-state index in [1.54, 1.807) is 18.2 Å². The second-order valence-corrected chi connectivity index (χ2v) is 4.37. The molecule has 1 unspecified atom stereocenters. The number of benzene rings is 1. The number of oxime groups is 1. The number of aliphatic carboxylic acids is 1. The van der Waals surface area contributed by atoms with Gasteiger partial charge in [0.15, 0.2) is 0 Å². The predicted molar refractivity (Wildman–Crippen MR) is 66.0 cm³/mol. The van der Waals surface area contributed by atoms with E-state index in [9.17, 15) is 4.79 Å². The highest BCUT2D eigenvalue weighted by Crippen LogP contribution is 2.28. The zero-order valence-corrected chi connectivity index (χ0v) is 10.5. The maximum atomic E-state index is 11.1. The lowest BCUT2D eigenvalue weighted by Crippen LogP contribution is -2.35. The van der Waals surface area contributed by atoms with Gasteiger partial charge in [0, 0.05) is 12.0 Å². The molecular formula is C13H12N2O4. The molecule has 1 aromatic rings. The van der Waals surface area contributed by atoms with Gasteiger partial charge >= 0.3 is 5.97 Å². The molecule has 0 bridgehead atoms. The summed E-state index contributed by atoms with van der Waals surface area (Å²) in [7, 11) is 1.48. The van der Waals surface area contributed by atoms with E-state index in [1.165, 1.54) is 14.0 Å². The molecule has 19 heavy (non-hydrogen) atoms. The average Bonchev–Trinajstić information content (AvgIpc) is 2.82. The van der Waals surface area contributed by atoms with Gasteiger partial charge in [-0.25, -0.2) is 4.79 Å². The summed E-state index contributed by atoms with van der Waals surface area (Å²) >= 11 is 0. The van der Waals surface area contributed by atoms with Crippen molar-refractivity contribution in [3.8, 4) is 11.8 Å². The zero-order valence-electron chi connectivity index (χ0n) is 10.5. The summed E-state index contributed by atoms with van der Waals surface area (Å²) < 4.78 is 5.05. The Bertz CT molecular complexity index is 603. The van der Waals surface area contributed by atoms with Crippen molar-refractivity contribution in [2.24, 2.45) is 5.16 Å². The predicted octanol–water partition coefficient (Wildman–Crippen LogP) is 1.53. The Balaban J connectivity index is 2.31. The van der Waals surface area contributed by atoms with Crippen molar-refractivity contribution < 1.29 is 19.5 Å². The first kappa shape index (κ1) is 12.9. The molecule has 1 aliphatic rings. The molecular weight excluding hydrogens is 248 g/mol. The standard InChI is InChI=1S/C13H12N2O4/c1-13(12(16)17)6-10(15-19-13)8-3-4-11(18-2)9(5-8)7-14/h3-5H,6H2,1-2H3,(H,16,17). The van der Waals surface area contributed by atoms with E-state index in [4.69, 9.17) is 19.9 Å². The summed E-state index contributed by atoms with van der Waals surface area (Å²) in [5, 5.41) is 21.9. The Hall–Kier alpha value is -2.55. The third kappa shape index (κ3) is 2.22. The number of hydrogen-bond acceptors (Lipinski definition) is 5. The van der Waals surface area contributed by atoms with Crippen LogP contribution in [0.5, 0.6) is 5.75 Å². The highest BCUT2D eigenvalue weighted by atomic mass is 16.7. The first-order valence-electron chi connectivity index (χ1n) is 5.57. The van der Waals surface area contributed by atoms with Crippen molar-refractivity contribution in [3.05, 3.63) is 29.3 Å². The molecule has 1 N–H and O–H groups in total. The fourth-order valence-corrected chi connectivity index (χ4v) is 1.78. The molecule has 2 rings (SSSR count). The van der Waals surface area contributed by atoms with Gasteiger partial charge in [0.1, 0.15) is 11.8 Å². The van der Waals surface area contributed by atoms with Crippen LogP contribution in [0.15, 0.2) is 23.4 Å². The third-order valence-electron chi connectivity index (χ3n) is 2.97. The first-order chi connectivity index (χ1) is 9.00. The van der Waals surface area contributed by atoms with Crippen LogP contribution in [-0.2, 0) is 9.63 Å². The summed E-state index contributed by atoms with van der Waals surface area (Å²) in [6, 6.07) is 6.99. The molecule has 1 aliphatic heterocycles. The van der Waals surface area contributed by atoms with Crippen LogP contribution in [0.4, 0.5) is 0 Å². The van der Waals surface area contributed by atoms with Crippen molar-refractivity contribution in [1.82, 2.24) is 0 Å². The van der Waals surface area contributed by atoms with Crippen LogP contribution in [0.25, 0.3) is 0 Å². The summed E-state index contributed by atoms with van der Waals surface area (Å²) in [4.78, 5) is 16.0. The fraction of sp³-hybridized carbons (Fsp3) is 0.308. The first-order valence-corrected chi connectivity index (χ1v) is 5.57. The molecule has 98 valence electrons. The van der Waals surface area contributed by atoms with Crippen molar-refractivity contribution in [3.63, 3.8) is 0 Å². The number of carboxylic acid groups (broad SMARTS) is 1. The minimum absolute atomic E-state index is 0.152. The van der Waals surface area contributed by atoms with Gasteiger partial charge in [0.05, 0.1) is 18.4 Å². The zero-order chi connectivity index (χ0) is 14.0. The van der Waals surface area contributed by atoms with Gasteiger partial charge < -0.3 is 14.7 Å². The largest absolute Gasteiger partial charge is 0.495 e. The number of carboxylic acids is 1. The van der Waals surface area contributed by atoms with E-state index < -0.39 is 11.6 Å². The number of nitriles is 1. The molecule has 0 radical (unpaired) electrons. The van der Waals surface area contributed by atoms with E-state index in [0.717, 1.165) is 0 Å². The Morgan fingerprint density at radius 1 is 1.63 bits per heavy atom. The van der Waals surface area contributed by atoms with Crippen molar-refractivity contribution in [2.75, 3.05) is 7.11 Å². The van der Waals surface area contributed by atoms with Crippen LogP contribution in [-0.4, -0.2) is 29.5 Å². The van der Waals surface area contributed by atoms with Crippen LogP contribution in [0.2, 0.25) is 0 Å². The van der Waals surface area contributed by atoms with Crippen molar-refractivity contribution in [2.45, 2.75) is 18.9 Å². The second kappa shape index (κ2) is 4.61. The maximum Gasteiger partial charge on any atom is 0.351 e. The normalized spacial score (nSPS) is 21.2. The topological polar surface area (TPSA) is 91.9 Å². The van der Waals surface area contributed by atoms with E-state index in [0.29, 0.717) is 22.6 Å². The third-order valence-corrected chi connectivity index (χ3v) is 2.97. The lowest BCUT2D eigenvalue weighted by atomic mass is 9.95. The summed E-state index contributed by atoms with van der Waals surface area (Å²) in [6.45, 7) is 1.46. The van der Waals surface area contributed by atoms with Crippen LogP contribution in [0.3, 0.4) is 0 Å². The second-order valence-electron chi connectivity index (χ2n) is 4.37. The lowest BCUT2D eigenvalue weighted by Gasteiger charge is -2.14. The summed E-state index contributed by atoms with van der Waals surface area (Å²) in [5.41, 5.74) is 0.181. The molecule has 6 nitrogen and oxygen atoms in total. The van der Waals surface area contributed by atoms with Crippen LogP contribution >= 0.6 is 0 Å². The monoisotopic (exact) mass is 260 g/mol. The molecule has 6 heteroatoms. The fourth-order valence-electron chi connectivity index (χ4n) is 1.78. The summed E-state index contributed by atoms with van der Waals surface area (Å²) in [5.74, 6) is -0.605. The SMILES string of the molecule is COc1ccc(C2=NOC(C)(C(=O)O)C2)cc1C#N. The number of methoxy groups -OCH3 is 1. The van der Waals surface area contributed by atoms with E-state index in [1.807, 2.05) is 6.07 Å². The van der Waals surface area contributed by atoms with Gasteiger partial charge in [0.25, 0.3) is 0 Å². The molecule has 0 aliphatic carbocycles. The molecule has 0 saturated carbocycles. The number of carbonyl (C=O) groups is 1. The molecule has 1 atom stereocenters. The average molecular weight is 260 g/mol. The molecule has 1 heterocycles. The van der Waals surface area contributed by atoms with E-state index >= 15 is 0 Å². The van der Waals surface area contributed by atoms with Gasteiger partial charge in [-0.15, -0.1) is 0 Å².